The minimum absolute atomic E-state index is 0.0490. The average molecular weight is 455 g/mol. The highest BCUT2D eigenvalue weighted by atomic mass is 16.6. The number of nitrogens with one attached hydrogen (secondary N) is 2. The summed E-state index contributed by atoms with van der Waals surface area (Å²) in [6.07, 6.45) is 0. The molecule has 33 heavy (non-hydrogen) atoms. The summed E-state index contributed by atoms with van der Waals surface area (Å²) in [5.41, 5.74) is 1.25. The second kappa shape index (κ2) is 9.02. The van der Waals surface area contributed by atoms with Gasteiger partial charge in [0.1, 0.15) is 11.4 Å². The lowest BCUT2D eigenvalue weighted by molar-refractivity contribution is -0.384. The molecule has 0 atom stereocenters. The highest BCUT2D eigenvalue weighted by Gasteiger charge is 2.27. The molecule has 12 heteroatoms. The van der Waals surface area contributed by atoms with Crippen LogP contribution in [0.1, 0.15) is 10.4 Å². The van der Waals surface area contributed by atoms with Gasteiger partial charge in [0.05, 0.1) is 23.3 Å². The smallest absolute Gasteiger partial charge is 0.338 e. The molecule has 0 aromatic heterocycles. The monoisotopic (exact) mass is 455 g/mol. The van der Waals surface area contributed by atoms with Gasteiger partial charge in [-0.1, -0.05) is 0 Å². The molecule has 2 aliphatic heterocycles. The molecule has 0 bridgehead atoms. The summed E-state index contributed by atoms with van der Waals surface area (Å²) < 4.78 is 9.93. The Morgan fingerprint density at radius 2 is 1.91 bits per heavy atom. The summed E-state index contributed by atoms with van der Waals surface area (Å²) in [4.78, 5) is 50.3. The van der Waals surface area contributed by atoms with E-state index in [1.165, 1.54) is 25.3 Å². The van der Waals surface area contributed by atoms with Crippen molar-refractivity contribution in [2.24, 2.45) is 0 Å². The van der Waals surface area contributed by atoms with Crippen molar-refractivity contribution in [3.63, 3.8) is 0 Å². The molecule has 3 amide bonds. The fourth-order valence-electron chi connectivity index (χ4n) is 3.70. The number of benzene rings is 2. The van der Waals surface area contributed by atoms with E-state index >= 15 is 0 Å². The van der Waals surface area contributed by atoms with E-state index in [0.717, 1.165) is 0 Å². The van der Waals surface area contributed by atoms with Gasteiger partial charge in [-0.3, -0.25) is 14.9 Å². The van der Waals surface area contributed by atoms with E-state index in [2.05, 4.69) is 15.4 Å². The SMILES string of the molecule is COC(=O)c1ccc(N2CCN(C(=O)Nc3ccc4c(c3)NC(=O)CO4)CC2)c([N+](=O)[O-])c1. The second-order valence-electron chi connectivity index (χ2n) is 7.40. The van der Waals surface area contributed by atoms with Gasteiger partial charge in [-0.05, 0) is 30.3 Å². The first-order valence-electron chi connectivity index (χ1n) is 10.1. The molecule has 172 valence electrons. The summed E-state index contributed by atoms with van der Waals surface area (Å²) >= 11 is 0. The number of piperazine rings is 1. The predicted molar refractivity (Wildman–Crippen MR) is 118 cm³/mol. The van der Waals surface area contributed by atoms with Gasteiger partial charge >= 0.3 is 12.0 Å². The molecule has 0 aliphatic carbocycles. The van der Waals surface area contributed by atoms with Crippen molar-refractivity contribution >= 4 is 40.7 Å². The molecule has 2 N–H and O–H groups in total. The van der Waals surface area contributed by atoms with Crippen molar-refractivity contribution in [3.05, 3.63) is 52.1 Å². The Balaban J connectivity index is 1.40. The molecule has 2 aliphatic rings. The molecule has 2 heterocycles. The summed E-state index contributed by atoms with van der Waals surface area (Å²) in [7, 11) is 1.21. The lowest BCUT2D eigenvalue weighted by atomic mass is 10.1. The second-order valence-corrected chi connectivity index (χ2v) is 7.40. The third-order valence-corrected chi connectivity index (χ3v) is 5.36. The minimum atomic E-state index is -0.653. The Bertz CT molecular complexity index is 1130. The van der Waals surface area contributed by atoms with Gasteiger partial charge in [0.25, 0.3) is 11.6 Å². The zero-order chi connectivity index (χ0) is 23.5. The summed E-state index contributed by atoms with van der Waals surface area (Å²) in [6.45, 7) is 1.38. The van der Waals surface area contributed by atoms with Crippen LogP contribution in [-0.4, -0.2) is 67.6 Å². The van der Waals surface area contributed by atoms with Crippen molar-refractivity contribution in [1.29, 1.82) is 0 Å². The van der Waals surface area contributed by atoms with Crippen LogP contribution in [0.5, 0.6) is 5.75 Å². The molecule has 1 fully saturated rings. The summed E-state index contributed by atoms with van der Waals surface area (Å²) in [5.74, 6) is -0.392. The number of urea groups is 1. The van der Waals surface area contributed by atoms with Crippen LogP contribution >= 0.6 is 0 Å². The van der Waals surface area contributed by atoms with E-state index in [9.17, 15) is 24.5 Å². The number of amides is 3. The number of carbonyl (C=O) groups is 3. The average Bonchev–Trinajstić information content (AvgIpc) is 2.83. The van der Waals surface area contributed by atoms with E-state index in [1.807, 2.05) is 0 Å². The Labute approximate surface area is 188 Å². The van der Waals surface area contributed by atoms with Crippen LogP contribution in [0.4, 0.5) is 27.5 Å². The number of carbonyl (C=O) groups excluding carboxylic acids is 3. The molecular weight excluding hydrogens is 434 g/mol. The fourth-order valence-corrected chi connectivity index (χ4v) is 3.70. The summed E-state index contributed by atoms with van der Waals surface area (Å²) in [5, 5.41) is 17.0. The first-order chi connectivity index (χ1) is 15.9. The number of nitro benzene ring substituents is 1. The number of nitrogens with zero attached hydrogens (tertiary/aromatic N) is 3. The lowest BCUT2D eigenvalue weighted by Crippen LogP contribution is -2.50. The van der Waals surface area contributed by atoms with Crippen molar-refractivity contribution in [2.45, 2.75) is 0 Å². The lowest BCUT2D eigenvalue weighted by Gasteiger charge is -2.35. The van der Waals surface area contributed by atoms with Crippen LogP contribution in [0.3, 0.4) is 0 Å². The van der Waals surface area contributed by atoms with Gasteiger partial charge in [-0.2, -0.15) is 0 Å². The maximum absolute atomic E-state index is 12.7. The Morgan fingerprint density at radius 3 is 2.61 bits per heavy atom. The topological polar surface area (TPSA) is 143 Å². The third-order valence-electron chi connectivity index (χ3n) is 5.36. The number of ether oxygens (including phenoxy) is 2. The van der Waals surface area contributed by atoms with Crippen LogP contribution in [-0.2, 0) is 9.53 Å². The molecule has 0 unspecified atom stereocenters. The maximum Gasteiger partial charge on any atom is 0.338 e. The molecule has 12 nitrogen and oxygen atoms in total. The number of hydrogen-bond acceptors (Lipinski definition) is 8. The van der Waals surface area contributed by atoms with E-state index < -0.39 is 10.9 Å². The minimum Gasteiger partial charge on any atom is -0.482 e. The summed E-state index contributed by atoms with van der Waals surface area (Å²) in [6, 6.07) is 8.82. The molecular formula is C21H21N5O7. The van der Waals surface area contributed by atoms with Crippen molar-refractivity contribution < 1.29 is 28.8 Å². The molecule has 0 saturated carbocycles. The van der Waals surface area contributed by atoms with Crippen molar-refractivity contribution in [1.82, 2.24) is 4.90 Å². The van der Waals surface area contributed by atoms with Crippen LogP contribution in [0.25, 0.3) is 0 Å². The Hall–Kier alpha value is -4.35. The van der Waals surface area contributed by atoms with E-state index in [1.54, 1.807) is 28.0 Å². The van der Waals surface area contributed by atoms with Crippen LogP contribution < -0.4 is 20.3 Å². The van der Waals surface area contributed by atoms with Crippen LogP contribution in [0.2, 0.25) is 0 Å². The van der Waals surface area contributed by atoms with Crippen LogP contribution in [0, 0.1) is 10.1 Å². The molecule has 0 radical (unpaired) electrons. The highest BCUT2D eigenvalue weighted by Crippen LogP contribution is 2.32. The van der Waals surface area contributed by atoms with Crippen molar-refractivity contribution in [3.8, 4) is 5.75 Å². The molecule has 1 saturated heterocycles. The highest BCUT2D eigenvalue weighted by molar-refractivity contribution is 5.97. The fraction of sp³-hybridized carbons (Fsp3) is 0.286. The molecule has 4 rings (SSSR count). The zero-order valence-electron chi connectivity index (χ0n) is 17.7. The van der Waals surface area contributed by atoms with Gasteiger partial charge in [0, 0.05) is 37.9 Å². The molecule has 0 spiro atoms. The number of fused-ring (bicyclic) bond motifs is 1. The Morgan fingerprint density at radius 1 is 1.15 bits per heavy atom. The number of methoxy groups -OCH3 is 1. The van der Waals surface area contributed by atoms with Crippen molar-refractivity contribution in [2.75, 3.05) is 55.4 Å². The van der Waals surface area contributed by atoms with Gasteiger partial charge in [-0.15, -0.1) is 0 Å². The first-order valence-corrected chi connectivity index (χ1v) is 10.1. The van der Waals surface area contributed by atoms with Gasteiger partial charge in [0.15, 0.2) is 6.61 Å². The number of esters is 1. The maximum atomic E-state index is 12.7. The van der Waals surface area contributed by atoms with E-state index in [4.69, 9.17) is 4.74 Å². The number of anilines is 3. The van der Waals surface area contributed by atoms with E-state index in [0.29, 0.717) is 49.0 Å². The van der Waals surface area contributed by atoms with Gasteiger partial charge in [-0.25, -0.2) is 9.59 Å². The molecule has 2 aromatic carbocycles. The predicted octanol–water partition coefficient (Wildman–Crippen LogP) is 2.07. The number of nitro groups is 1. The Kier molecular flexibility index (Phi) is 5.98. The van der Waals surface area contributed by atoms with Gasteiger partial charge in [0.2, 0.25) is 0 Å². The number of hydrogen-bond donors (Lipinski definition) is 2. The number of rotatable bonds is 4. The van der Waals surface area contributed by atoms with E-state index in [-0.39, 0.29) is 29.8 Å². The van der Waals surface area contributed by atoms with Gasteiger partial charge < -0.3 is 29.9 Å². The quantitative estimate of drug-likeness (QED) is 0.405. The third kappa shape index (κ3) is 4.63. The molecule has 2 aromatic rings. The largest absolute Gasteiger partial charge is 0.482 e. The zero-order valence-corrected chi connectivity index (χ0v) is 17.7. The first kappa shape index (κ1) is 21.9. The normalized spacial score (nSPS) is 15.1. The standard InChI is InChI=1S/C21H21N5O7/c1-32-20(28)13-2-4-16(17(10-13)26(30)31)24-6-8-25(9-7-24)21(29)22-14-3-5-18-15(11-14)23-19(27)12-33-18/h2-5,10-11H,6-9,12H2,1H3,(H,22,29)(H,23,27). The van der Waals surface area contributed by atoms with Crippen LogP contribution in [0.15, 0.2) is 36.4 Å².